The minimum Gasteiger partial charge on any atom is -0.478 e. The van der Waals surface area contributed by atoms with E-state index in [2.05, 4.69) is 5.32 Å². The summed E-state index contributed by atoms with van der Waals surface area (Å²) in [6.07, 6.45) is -8.53. The molecule has 0 saturated carbocycles. The first-order valence-corrected chi connectivity index (χ1v) is 14.1. The molecule has 240 valence electrons. The SMILES string of the molecule is CC(=O)N[C@H]1[C@H]([C@@H](O)[C@H](O)CO)O[C@@](Oc2ccc(-c3cccc(O[C@@H](Cc4ccccc4)C(=O)O)c3)cc2)(C(=O)O)C[C@@H]1O. The maximum atomic E-state index is 12.4. The van der Waals surface area contributed by atoms with Crippen molar-refractivity contribution in [3.8, 4) is 22.6 Å². The van der Waals surface area contributed by atoms with Crippen LogP contribution in [0.4, 0.5) is 0 Å². The first-order valence-electron chi connectivity index (χ1n) is 14.1. The molecule has 7 atom stereocenters. The highest BCUT2D eigenvalue weighted by Gasteiger charge is 2.56. The Labute approximate surface area is 258 Å². The van der Waals surface area contributed by atoms with E-state index < -0.39 is 73.2 Å². The average Bonchev–Trinajstić information content (AvgIpc) is 3.02. The first-order chi connectivity index (χ1) is 21.4. The van der Waals surface area contributed by atoms with Crippen LogP contribution in [0.3, 0.4) is 0 Å². The van der Waals surface area contributed by atoms with Gasteiger partial charge in [0.1, 0.15) is 29.8 Å². The van der Waals surface area contributed by atoms with E-state index in [0.717, 1.165) is 12.5 Å². The number of carboxylic acids is 2. The molecule has 45 heavy (non-hydrogen) atoms. The van der Waals surface area contributed by atoms with E-state index in [-0.39, 0.29) is 12.2 Å². The highest BCUT2D eigenvalue weighted by Crippen LogP contribution is 2.35. The summed E-state index contributed by atoms with van der Waals surface area (Å²) in [5.41, 5.74) is 2.13. The summed E-state index contributed by atoms with van der Waals surface area (Å²) in [7, 11) is 0. The minimum absolute atomic E-state index is 0.0171. The summed E-state index contributed by atoms with van der Waals surface area (Å²) in [6.45, 7) is 0.245. The summed E-state index contributed by atoms with van der Waals surface area (Å²) >= 11 is 0. The number of amides is 1. The molecule has 1 heterocycles. The van der Waals surface area contributed by atoms with E-state index >= 15 is 0 Å². The fraction of sp³-hybridized carbons (Fsp3) is 0.344. The lowest BCUT2D eigenvalue weighted by atomic mass is 9.88. The van der Waals surface area contributed by atoms with Gasteiger partial charge in [0.25, 0.3) is 0 Å². The molecule has 13 nitrogen and oxygen atoms in total. The van der Waals surface area contributed by atoms with Gasteiger partial charge in [0.2, 0.25) is 5.91 Å². The topological polar surface area (TPSA) is 212 Å². The first kappa shape index (κ1) is 33.4. The van der Waals surface area contributed by atoms with Crippen LogP contribution in [0.5, 0.6) is 11.5 Å². The largest absolute Gasteiger partial charge is 0.478 e. The standard InChI is InChI=1S/C32H35NO12/c1-18(35)33-27-24(36)16-32(31(41)42,45-29(27)28(38)25(37)17-34)44-22-12-10-20(11-13-22)21-8-5-9-23(15-21)43-26(30(39)40)14-19-6-3-2-4-7-19/h2-13,15,24-29,34,36-38H,14,16-17H2,1H3,(H,33,35)(H,39,40)(H,41,42)/t24-,25+,26-,27+,28-,29+,32+/m0/s1. The van der Waals surface area contributed by atoms with E-state index in [9.17, 15) is 45.0 Å². The number of hydrogen-bond donors (Lipinski definition) is 7. The van der Waals surface area contributed by atoms with Gasteiger partial charge in [-0.15, -0.1) is 0 Å². The second-order valence-electron chi connectivity index (χ2n) is 10.7. The molecule has 1 amide bonds. The van der Waals surface area contributed by atoms with Crippen molar-refractivity contribution in [1.82, 2.24) is 5.32 Å². The van der Waals surface area contributed by atoms with Crippen LogP contribution in [0.25, 0.3) is 11.1 Å². The van der Waals surface area contributed by atoms with Crippen molar-refractivity contribution >= 4 is 17.8 Å². The summed E-state index contributed by atoms with van der Waals surface area (Å²) < 4.78 is 17.2. The zero-order valence-electron chi connectivity index (χ0n) is 24.2. The number of carboxylic acid groups (broad SMARTS) is 2. The second kappa shape index (κ2) is 14.5. The highest BCUT2D eigenvalue weighted by atomic mass is 16.7. The van der Waals surface area contributed by atoms with E-state index in [0.29, 0.717) is 16.9 Å². The molecule has 13 heteroatoms. The average molecular weight is 626 g/mol. The molecule has 4 rings (SSSR count). The number of ether oxygens (including phenoxy) is 3. The van der Waals surface area contributed by atoms with Crippen molar-refractivity contribution in [2.45, 2.75) is 62.1 Å². The number of rotatable bonds is 13. The molecule has 1 aliphatic heterocycles. The van der Waals surface area contributed by atoms with Crippen LogP contribution in [0, 0.1) is 0 Å². The van der Waals surface area contributed by atoms with Gasteiger partial charge in [0, 0.05) is 13.3 Å². The Morgan fingerprint density at radius 3 is 2.24 bits per heavy atom. The molecule has 0 aromatic heterocycles. The predicted octanol–water partition coefficient (Wildman–Crippen LogP) is 0.957. The number of hydrogen-bond acceptors (Lipinski definition) is 10. The van der Waals surface area contributed by atoms with Gasteiger partial charge in [-0.2, -0.15) is 0 Å². The molecule has 1 aliphatic rings. The van der Waals surface area contributed by atoms with Crippen molar-refractivity contribution in [1.29, 1.82) is 0 Å². The molecule has 1 saturated heterocycles. The summed E-state index contributed by atoms with van der Waals surface area (Å²) in [4.78, 5) is 36.0. The van der Waals surface area contributed by atoms with E-state index in [4.69, 9.17) is 14.2 Å². The summed E-state index contributed by atoms with van der Waals surface area (Å²) in [5, 5.41) is 62.9. The zero-order valence-corrected chi connectivity index (χ0v) is 24.2. The fourth-order valence-electron chi connectivity index (χ4n) is 5.06. The third kappa shape index (κ3) is 8.15. The number of carbonyl (C=O) groups is 3. The third-order valence-corrected chi connectivity index (χ3v) is 7.31. The van der Waals surface area contributed by atoms with Gasteiger partial charge in [0.05, 0.1) is 25.2 Å². The van der Waals surface area contributed by atoms with E-state index in [1.54, 1.807) is 36.4 Å². The Kier molecular flexibility index (Phi) is 10.8. The molecule has 3 aromatic rings. The lowest BCUT2D eigenvalue weighted by Gasteiger charge is -2.46. The minimum atomic E-state index is -2.53. The van der Waals surface area contributed by atoms with E-state index in [1.165, 1.54) is 12.1 Å². The van der Waals surface area contributed by atoms with Crippen molar-refractivity contribution in [3.63, 3.8) is 0 Å². The normalized spacial score (nSPS) is 23.3. The Hall–Kier alpha value is -4.53. The van der Waals surface area contributed by atoms with Gasteiger partial charge in [-0.25, -0.2) is 9.59 Å². The van der Waals surface area contributed by atoms with Crippen LogP contribution in [0.1, 0.15) is 18.9 Å². The number of aliphatic hydroxyl groups excluding tert-OH is 4. The third-order valence-electron chi connectivity index (χ3n) is 7.31. The lowest BCUT2D eigenvalue weighted by Crippen LogP contribution is -2.68. The monoisotopic (exact) mass is 625 g/mol. The molecule has 0 bridgehead atoms. The maximum Gasteiger partial charge on any atom is 0.377 e. The number of nitrogens with one attached hydrogen (secondary N) is 1. The molecule has 1 fully saturated rings. The van der Waals surface area contributed by atoms with Crippen LogP contribution >= 0.6 is 0 Å². The molecular formula is C32H35NO12. The molecule has 0 aliphatic carbocycles. The molecule has 3 aromatic carbocycles. The quantitative estimate of drug-likeness (QED) is 0.142. The molecule has 7 N–H and O–H groups in total. The Morgan fingerprint density at radius 2 is 1.64 bits per heavy atom. The summed E-state index contributed by atoms with van der Waals surface area (Å²) in [6, 6.07) is 20.7. The van der Waals surface area contributed by atoms with Crippen molar-refractivity contribution < 1.29 is 59.2 Å². The number of carbonyl (C=O) groups excluding carboxylic acids is 1. The fourth-order valence-corrected chi connectivity index (χ4v) is 5.06. The molecular weight excluding hydrogens is 590 g/mol. The Balaban J connectivity index is 1.53. The van der Waals surface area contributed by atoms with Gasteiger partial charge in [-0.3, -0.25) is 4.79 Å². The molecule has 0 unspecified atom stereocenters. The smallest absolute Gasteiger partial charge is 0.377 e. The Bertz CT molecular complexity index is 1470. The zero-order chi connectivity index (χ0) is 32.7. The van der Waals surface area contributed by atoms with Crippen LogP contribution in [0.2, 0.25) is 0 Å². The van der Waals surface area contributed by atoms with Gasteiger partial charge >= 0.3 is 17.7 Å². The van der Waals surface area contributed by atoms with Crippen LogP contribution in [-0.4, -0.2) is 97.4 Å². The van der Waals surface area contributed by atoms with Crippen LogP contribution < -0.4 is 14.8 Å². The van der Waals surface area contributed by atoms with Crippen LogP contribution in [0.15, 0.2) is 78.9 Å². The number of aliphatic carboxylic acids is 2. The maximum absolute atomic E-state index is 12.4. The van der Waals surface area contributed by atoms with Crippen molar-refractivity contribution in [3.05, 3.63) is 84.4 Å². The number of aliphatic hydroxyl groups is 4. The molecule has 0 spiro atoms. The second-order valence-corrected chi connectivity index (χ2v) is 10.7. The highest BCUT2D eigenvalue weighted by molar-refractivity contribution is 5.77. The Morgan fingerprint density at radius 1 is 0.956 bits per heavy atom. The van der Waals surface area contributed by atoms with Crippen LogP contribution in [-0.2, 0) is 25.5 Å². The van der Waals surface area contributed by atoms with Gasteiger partial charge in [0.15, 0.2) is 6.10 Å². The van der Waals surface area contributed by atoms with Gasteiger partial charge in [-0.1, -0.05) is 54.6 Å². The molecule has 0 radical (unpaired) electrons. The lowest BCUT2D eigenvalue weighted by molar-refractivity contribution is -0.284. The summed E-state index contributed by atoms with van der Waals surface area (Å²) in [5.74, 6) is -5.55. The van der Waals surface area contributed by atoms with E-state index in [1.807, 2.05) is 30.3 Å². The van der Waals surface area contributed by atoms with Crippen molar-refractivity contribution in [2.24, 2.45) is 0 Å². The number of benzene rings is 3. The van der Waals surface area contributed by atoms with Gasteiger partial charge in [-0.05, 0) is 41.0 Å². The van der Waals surface area contributed by atoms with Crippen molar-refractivity contribution in [2.75, 3.05) is 6.61 Å². The van der Waals surface area contributed by atoms with Gasteiger partial charge < -0.3 is 50.2 Å². The predicted molar refractivity (Wildman–Crippen MR) is 157 cm³/mol.